The third kappa shape index (κ3) is 10.7. The summed E-state index contributed by atoms with van der Waals surface area (Å²) in [6, 6.07) is 3.27. The molecule has 0 amide bonds. The first-order valence-corrected chi connectivity index (χ1v) is 14.2. The number of allylic oxidation sites excluding steroid dienone is 2. The summed E-state index contributed by atoms with van der Waals surface area (Å²) in [5.41, 5.74) is 1.56. The van der Waals surface area contributed by atoms with E-state index in [0.29, 0.717) is 12.8 Å². The fraction of sp³-hybridized carbons (Fsp3) is 0.519. The predicted molar refractivity (Wildman–Crippen MR) is 146 cm³/mol. The third-order valence-corrected chi connectivity index (χ3v) is 7.83. The average Bonchev–Trinajstić information content (AvgIpc) is 2.89. The number of aliphatic imine (C=N–C) groups is 1. The van der Waals surface area contributed by atoms with Crippen LogP contribution in [0.1, 0.15) is 60.1 Å². The van der Waals surface area contributed by atoms with Crippen molar-refractivity contribution in [3.63, 3.8) is 0 Å². The molecular formula is C27H40F2N4O3S. The van der Waals surface area contributed by atoms with E-state index in [4.69, 9.17) is 0 Å². The Bertz CT molecular complexity index is 1090. The van der Waals surface area contributed by atoms with Crippen molar-refractivity contribution >= 4 is 21.5 Å². The van der Waals surface area contributed by atoms with Crippen molar-refractivity contribution in [3.8, 4) is 0 Å². The number of Topliss-reactive ketones (excluding diaryl/α,β-unsaturated/α-hetero) is 1. The molecule has 3 rings (SSSR count). The van der Waals surface area contributed by atoms with Gasteiger partial charge >= 0.3 is 0 Å². The predicted octanol–water partition coefficient (Wildman–Crippen LogP) is 5.11. The Kier molecular flexibility index (Phi) is 13.5. The van der Waals surface area contributed by atoms with Crippen LogP contribution in [0.2, 0.25) is 0 Å². The largest absolute Gasteiger partial charge is 0.328 e. The number of pyridine rings is 1. The Morgan fingerprint density at radius 1 is 1.22 bits per heavy atom. The number of hydrogen-bond donors (Lipinski definition) is 1. The summed E-state index contributed by atoms with van der Waals surface area (Å²) >= 11 is 0. The van der Waals surface area contributed by atoms with Crippen molar-refractivity contribution in [2.24, 2.45) is 4.99 Å². The molecule has 3 heterocycles. The molecule has 1 aromatic heterocycles. The lowest BCUT2D eigenvalue weighted by atomic mass is 10.1. The van der Waals surface area contributed by atoms with Gasteiger partial charge in [0.1, 0.15) is 5.84 Å². The fourth-order valence-corrected chi connectivity index (χ4v) is 5.14. The van der Waals surface area contributed by atoms with Crippen LogP contribution in [0.4, 0.5) is 8.78 Å². The molecule has 0 saturated carbocycles. The molecule has 1 aromatic rings. The monoisotopic (exact) mass is 538 g/mol. The molecule has 0 spiro atoms. The van der Waals surface area contributed by atoms with Gasteiger partial charge in [0.2, 0.25) is 0 Å². The molecule has 0 radical (unpaired) electrons. The van der Waals surface area contributed by atoms with E-state index in [1.807, 2.05) is 44.0 Å². The Morgan fingerprint density at radius 3 is 2.46 bits per heavy atom. The zero-order chi connectivity index (χ0) is 28.1. The van der Waals surface area contributed by atoms with Crippen molar-refractivity contribution in [3.05, 3.63) is 60.2 Å². The second kappa shape index (κ2) is 15.5. The number of halogens is 2. The molecule has 10 heteroatoms. The zero-order valence-electron chi connectivity index (χ0n) is 22.7. The van der Waals surface area contributed by atoms with Crippen LogP contribution in [0, 0.1) is 0 Å². The van der Waals surface area contributed by atoms with Gasteiger partial charge in [0.25, 0.3) is 5.92 Å². The van der Waals surface area contributed by atoms with Crippen molar-refractivity contribution in [2.45, 2.75) is 76.9 Å². The van der Waals surface area contributed by atoms with Gasteiger partial charge < -0.3 is 10.2 Å². The topological polar surface area (TPSA) is 91.7 Å². The van der Waals surface area contributed by atoms with Gasteiger partial charge in [-0.05, 0) is 63.1 Å². The van der Waals surface area contributed by atoms with Gasteiger partial charge in [-0.1, -0.05) is 27.7 Å². The van der Waals surface area contributed by atoms with E-state index in [0.717, 1.165) is 37.0 Å². The lowest BCUT2D eigenvalue weighted by Crippen LogP contribution is -2.33. The summed E-state index contributed by atoms with van der Waals surface area (Å²) in [4.78, 5) is 21.5. The molecule has 0 aliphatic carbocycles. The second-order valence-electron chi connectivity index (χ2n) is 8.45. The molecule has 1 unspecified atom stereocenters. The van der Waals surface area contributed by atoms with Gasteiger partial charge in [0.15, 0.2) is 15.6 Å². The van der Waals surface area contributed by atoms with E-state index in [9.17, 15) is 22.0 Å². The second-order valence-corrected chi connectivity index (χ2v) is 10.7. The Labute approximate surface area is 220 Å². The molecule has 0 aromatic carbocycles. The number of amidine groups is 1. The number of alkyl halides is 2. The number of carbonyl (C=O) groups is 1. The van der Waals surface area contributed by atoms with Gasteiger partial charge in [0.05, 0.1) is 16.7 Å². The summed E-state index contributed by atoms with van der Waals surface area (Å²) in [6.07, 6.45) is 12.1. The molecule has 0 bridgehead atoms. The highest BCUT2D eigenvalue weighted by molar-refractivity contribution is 7.92. The first kappa shape index (κ1) is 32.3. The van der Waals surface area contributed by atoms with Gasteiger partial charge in [-0.2, -0.15) is 0 Å². The lowest BCUT2D eigenvalue weighted by molar-refractivity contribution is -0.113. The minimum absolute atomic E-state index is 0.0878. The molecule has 2 aliphatic rings. The maximum Gasteiger partial charge on any atom is 0.257 e. The summed E-state index contributed by atoms with van der Waals surface area (Å²) in [5, 5.41) is 2.00. The van der Waals surface area contributed by atoms with E-state index in [-0.39, 0.29) is 17.2 Å². The molecule has 2 aliphatic heterocycles. The normalized spacial score (nSPS) is 15.3. The number of fused-ring (bicyclic) bond motifs is 1. The maximum absolute atomic E-state index is 12.7. The van der Waals surface area contributed by atoms with Crippen molar-refractivity contribution in [2.75, 3.05) is 19.6 Å². The number of sulfone groups is 1. The fourth-order valence-electron chi connectivity index (χ4n) is 3.43. The quantitative estimate of drug-likeness (QED) is 0.416. The van der Waals surface area contributed by atoms with E-state index in [1.54, 1.807) is 38.3 Å². The van der Waals surface area contributed by atoms with Crippen LogP contribution in [0.5, 0.6) is 0 Å². The first-order valence-electron chi connectivity index (χ1n) is 12.7. The Balaban J connectivity index is 0.000000385. The summed E-state index contributed by atoms with van der Waals surface area (Å²) < 4.78 is 50.5. The standard InChI is InChI=1S/C15H24F2N2O2S.C10H10N2O.C2H6/c1-4-12-6-7-14(10-19-12)22(20,21)13(5-2)8-9-18-11-15(3,16)17;1-8(13)9-3-4-10-11-5-2-6-12(10)7-9;1-2/h6-7,10,13,18H,4-5,8-9,11H2,1-3H3;2-5,7H,6H2,1H3;1-2H3. The smallest absolute Gasteiger partial charge is 0.257 e. The number of nitrogens with zero attached hydrogens (tertiary/aromatic N) is 3. The summed E-state index contributed by atoms with van der Waals surface area (Å²) in [7, 11) is -3.48. The first-order chi connectivity index (χ1) is 17.5. The van der Waals surface area contributed by atoms with Crippen molar-refractivity contribution in [1.29, 1.82) is 0 Å². The van der Waals surface area contributed by atoms with Crippen LogP contribution in [0.25, 0.3) is 0 Å². The Hall–Kier alpha value is -2.72. The molecule has 7 nitrogen and oxygen atoms in total. The van der Waals surface area contributed by atoms with E-state index < -0.39 is 27.6 Å². The molecule has 0 fully saturated rings. The maximum atomic E-state index is 12.7. The number of ketones is 1. The number of nitrogens with one attached hydrogen (secondary N) is 1. The lowest BCUT2D eigenvalue weighted by Gasteiger charge is -2.24. The Morgan fingerprint density at radius 2 is 1.92 bits per heavy atom. The molecule has 0 saturated heterocycles. The molecule has 1 N–H and O–H groups in total. The number of carbonyl (C=O) groups excluding carboxylic acids is 1. The molecular weight excluding hydrogens is 498 g/mol. The van der Waals surface area contributed by atoms with E-state index in [2.05, 4.69) is 15.3 Å². The van der Waals surface area contributed by atoms with Crippen LogP contribution >= 0.6 is 0 Å². The molecule has 206 valence electrons. The summed E-state index contributed by atoms with van der Waals surface area (Å²) in [6.45, 7) is 10.7. The van der Waals surface area contributed by atoms with E-state index in [1.165, 1.54) is 6.20 Å². The summed E-state index contributed by atoms with van der Waals surface area (Å²) in [5.74, 6) is -1.81. The average molecular weight is 539 g/mol. The number of aromatic nitrogens is 1. The van der Waals surface area contributed by atoms with Crippen molar-refractivity contribution < 1.29 is 22.0 Å². The van der Waals surface area contributed by atoms with E-state index >= 15 is 0 Å². The minimum atomic E-state index is -3.48. The van der Waals surface area contributed by atoms with Gasteiger partial charge in [-0.15, -0.1) is 0 Å². The van der Waals surface area contributed by atoms with Crippen LogP contribution in [0.3, 0.4) is 0 Å². The molecule has 1 atom stereocenters. The SMILES string of the molecule is CC.CC(=O)C1=CN2CC=CN=C2C=C1.CCc1ccc(S(=O)(=O)C(CC)CCNCC(C)(F)F)cn1. The van der Waals surface area contributed by atoms with Crippen LogP contribution < -0.4 is 5.32 Å². The molecule has 37 heavy (non-hydrogen) atoms. The number of aryl methyl sites for hydroxylation is 1. The highest BCUT2D eigenvalue weighted by atomic mass is 32.2. The van der Waals surface area contributed by atoms with Gasteiger partial charge in [-0.3, -0.25) is 9.78 Å². The highest BCUT2D eigenvalue weighted by Gasteiger charge is 2.27. The van der Waals surface area contributed by atoms with Gasteiger partial charge in [0, 0.05) is 43.3 Å². The van der Waals surface area contributed by atoms with Crippen LogP contribution in [0.15, 0.2) is 64.4 Å². The number of hydrogen-bond acceptors (Lipinski definition) is 7. The minimum Gasteiger partial charge on any atom is -0.328 e. The number of rotatable bonds is 10. The van der Waals surface area contributed by atoms with Crippen LogP contribution in [-0.4, -0.2) is 60.7 Å². The van der Waals surface area contributed by atoms with Crippen molar-refractivity contribution in [1.82, 2.24) is 15.2 Å². The zero-order valence-corrected chi connectivity index (χ0v) is 23.5. The van der Waals surface area contributed by atoms with Crippen LogP contribution in [-0.2, 0) is 21.1 Å². The third-order valence-electron chi connectivity index (χ3n) is 5.48. The highest BCUT2D eigenvalue weighted by Crippen LogP contribution is 2.20. The van der Waals surface area contributed by atoms with Gasteiger partial charge in [-0.25, -0.2) is 22.2 Å².